The molecular weight excluding hydrogens is 302 g/mol. The maximum Gasteiger partial charge on any atom is 0.170 e. The lowest BCUT2D eigenvalue weighted by Gasteiger charge is -2.16. The van der Waals surface area contributed by atoms with Crippen LogP contribution in [-0.4, -0.2) is 22.7 Å². The normalized spacial score (nSPS) is 13.6. The molecule has 0 fully saturated rings. The molecule has 1 aliphatic rings. The number of rotatable bonds is 4. The molecule has 0 aliphatic carbocycles. The Morgan fingerprint density at radius 3 is 2.58 bits per heavy atom. The summed E-state index contributed by atoms with van der Waals surface area (Å²) in [5.74, 6) is 0.663. The summed E-state index contributed by atoms with van der Waals surface area (Å²) >= 11 is 0. The monoisotopic (exact) mass is 319 g/mol. The minimum absolute atomic E-state index is 0.0360. The number of Topliss-reactive ketones (excluding diaryl/α,β-unsaturated/α-hetero) is 2. The fourth-order valence-electron chi connectivity index (χ4n) is 3.08. The number of benzene rings is 2. The van der Waals surface area contributed by atoms with E-state index < -0.39 is 0 Å². The highest BCUT2D eigenvalue weighted by atomic mass is 16.5. The lowest BCUT2D eigenvalue weighted by molar-refractivity contribution is 0.0933. The average Bonchev–Trinajstić information content (AvgIpc) is 3.03. The zero-order valence-corrected chi connectivity index (χ0v) is 13.2. The molecule has 0 atom stereocenters. The number of aryl methyl sites for hydroxylation is 1. The Kier molecular flexibility index (Phi) is 3.65. The molecule has 0 saturated carbocycles. The van der Waals surface area contributed by atoms with Crippen molar-refractivity contribution in [2.24, 2.45) is 0 Å². The van der Waals surface area contributed by atoms with Crippen molar-refractivity contribution < 1.29 is 14.3 Å². The third-order valence-corrected chi connectivity index (χ3v) is 4.39. The third kappa shape index (κ3) is 2.71. The van der Waals surface area contributed by atoms with Crippen LogP contribution in [0.4, 0.5) is 0 Å². The Labute approximate surface area is 139 Å². The quantitative estimate of drug-likeness (QED) is 0.686. The number of ether oxygens (including phenoxy) is 1. The fourth-order valence-corrected chi connectivity index (χ4v) is 3.08. The number of fused-ring (bicyclic) bond motifs is 2. The molecule has 2 heterocycles. The molecule has 0 radical (unpaired) electrons. The molecule has 24 heavy (non-hydrogen) atoms. The van der Waals surface area contributed by atoms with Crippen molar-refractivity contribution in [2.45, 2.75) is 19.4 Å². The van der Waals surface area contributed by atoms with Crippen molar-refractivity contribution in [3.05, 3.63) is 66.0 Å². The van der Waals surface area contributed by atoms with Crippen molar-refractivity contribution in [3.63, 3.8) is 0 Å². The predicted molar refractivity (Wildman–Crippen MR) is 91.8 cm³/mol. The van der Waals surface area contributed by atoms with Crippen LogP contribution in [0.2, 0.25) is 0 Å². The van der Waals surface area contributed by atoms with E-state index in [9.17, 15) is 9.59 Å². The molecule has 1 aromatic heterocycles. The number of hydrogen-bond acceptors (Lipinski definition) is 3. The van der Waals surface area contributed by atoms with Gasteiger partial charge in [0.15, 0.2) is 11.6 Å². The number of ketones is 2. The number of carbonyl (C=O) groups is 2. The molecule has 0 amide bonds. The van der Waals surface area contributed by atoms with Gasteiger partial charge >= 0.3 is 0 Å². The second-order valence-corrected chi connectivity index (χ2v) is 6.03. The van der Waals surface area contributed by atoms with Crippen LogP contribution >= 0.6 is 0 Å². The van der Waals surface area contributed by atoms with Crippen LogP contribution in [0, 0.1) is 0 Å². The summed E-state index contributed by atoms with van der Waals surface area (Å²) in [4.78, 5) is 24.4. The maximum absolute atomic E-state index is 12.5. The van der Waals surface area contributed by atoms with Gasteiger partial charge in [0.1, 0.15) is 5.75 Å². The highest BCUT2D eigenvalue weighted by molar-refractivity contribution is 6.03. The Balaban J connectivity index is 1.50. The summed E-state index contributed by atoms with van der Waals surface area (Å²) in [7, 11) is 0. The van der Waals surface area contributed by atoms with Gasteiger partial charge in [0.25, 0.3) is 0 Å². The Morgan fingerprint density at radius 1 is 1.08 bits per heavy atom. The maximum atomic E-state index is 12.5. The summed E-state index contributed by atoms with van der Waals surface area (Å²) in [6, 6.07) is 13.3. The Morgan fingerprint density at radius 2 is 1.83 bits per heavy atom. The summed E-state index contributed by atoms with van der Waals surface area (Å²) in [6.07, 6.45) is 4.87. The molecule has 120 valence electrons. The summed E-state index contributed by atoms with van der Waals surface area (Å²) in [5.41, 5.74) is 1.10. The average molecular weight is 319 g/mol. The standard InChI is InChI=1S/C20H17NO3/c22-18(7-9-21-12-15-3-1-2-4-16(15)13-21)14-5-6-20-17(11-14)19(23)8-10-24-20/h1-6,11-13H,7-10H2. The van der Waals surface area contributed by atoms with Crippen molar-refractivity contribution in [1.29, 1.82) is 0 Å². The topological polar surface area (TPSA) is 48.3 Å². The number of hydrogen-bond donors (Lipinski definition) is 0. The van der Waals surface area contributed by atoms with Crippen LogP contribution in [-0.2, 0) is 6.54 Å². The van der Waals surface area contributed by atoms with Gasteiger partial charge in [-0.25, -0.2) is 0 Å². The largest absolute Gasteiger partial charge is 0.492 e. The second kappa shape index (κ2) is 5.96. The van der Waals surface area contributed by atoms with E-state index in [4.69, 9.17) is 4.74 Å². The molecule has 4 heteroatoms. The van der Waals surface area contributed by atoms with Gasteiger partial charge in [-0.05, 0) is 29.0 Å². The number of nitrogens with zero attached hydrogens (tertiary/aromatic N) is 1. The van der Waals surface area contributed by atoms with E-state index in [2.05, 4.69) is 12.1 Å². The summed E-state index contributed by atoms with van der Waals surface area (Å²) < 4.78 is 7.49. The highest BCUT2D eigenvalue weighted by Gasteiger charge is 2.20. The van der Waals surface area contributed by atoms with Crippen LogP contribution in [0.3, 0.4) is 0 Å². The van der Waals surface area contributed by atoms with E-state index in [1.54, 1.807) is 18.2 Å². The van der Waals surface area contributed by atoms with Crippen molar-refractivity contribution >= 4 is 22.3 Å². The van der Waals surface area contributed by atoms with Gasteiger partial charge in [-0.2, -0.15) is 0 Å². The van der Waals surface area contributed by atoms with Crippen molar-refractivity contribution in [2.75, 3.05) is 6.61 Å². The van der Waals surface area contributed by atoms with Crippen LogP contribution in [0.15, 0.2) is 54.9 Å². The summed E-state index contributed by atoms with van der Waals surface area (Å²) in [6.45, 7) is 1.04. The molecule has 3 aromatic rings. The van der Waals surface area contributed by atoms with E-state index >= 15 is 0 Å². The molecule has 4 rings (SSSR count). The van der Waals surface area contributed by atoms with Crippen LogP contribution in [0.1, 0.15) is 33.6 Å². The van der Waals surface area contributed by atoms with E-state index in [0.29, 0.717) is 42.9 Å². The van der Waals surface area contributed by atoms with Gasteiger partial charge in [-0.15, -0.1) is 0 Å². The van der Waals surface area contributed by atoms with E-state index in [-0.39, 0.29) is 11.6 Å². The first kappa shape index (κ1) is 14.7. The lowest BCUT2D eigenvalue weighted by atomic mass is 9.99. The van der Waals surface area contributed by atoms with Gasteiger partial charge in [0.2, 0.25) is 0 Å². The highest BCUT2D eigenvalue weighted by Crippen LogP contribution is 2.26. The lowest BCUT2D eigenvalue weighted by Crippen LogP contribution is -2.16. The first-order chi connectivity index (χ1) is 11.7. The minimum Gasteiger partial charge on any atom is -0.492 e. The first-order valence-corrected chi connectivity index (χ1v) is 8.08. The van der Waals surface area contributed by atoms with Gasteiger partial charge in [-0.3, -0.25) is 9.59 Å². The van der Waals surface area contributed by atoms with Gasteiger partial charge in [-0.1, -0.05) is 24.3 Å². The molecule has 0 N–H and O–H groups in total. The third-order valence-electron chi connectivity index (χ3n) is 4.39. The van der Waals surface area contributed by atoms with Crippen molar-refractivity contribution in [3.8, 4) is 5.75 Å². The Hall–Kier alpha value is -2.88. The van der Waals surface area contributed by atoms with E-state index in [1.807, 2.05) is 29.1 Å². The van der Waals surface area contributed by atoms with E-state index in [1.165, 1.54) is 10.8 Å². The summed E-state index contributed by atoms with van der Waals surface area (Å²) in [5, 5.41) is 2.34. The van der Waals surface area contributed by atoms with Gasteiger partial charge in [0.05, 0.1) is 12.2 Å². The van der Waals surface area contributed by atoms with Crippen LogP contribution < -0.4 is 4.74 Å². The molecule has 0 spiro atoms. The zero-order valence-electron chi connectivity index (χ0n) is 13.2. The van der Waals surface area contributed by atoms with Crippen LogP contribution in [0.25, 0.3) is 10.8 Å². The second-order valence-electron chi connectivity index (χ2n) is 6.03. The Bertz CT molecular complexity index is 906. The molecule has 0 saturated heterocycles. The molecule has 1 aliphatic heterocycles. The van der Waals surface area contributed by atoms with E-state index in [0.717, 1.165) is 0 Å². The minimum atomic E-state index is 0.0360. The van der Waals surface area contributed by atoms with Crippen molar-refractivity contribution in [1.82, 2.24) is 4.57 Å². The van der Waals surface area contributed by atoms with Gasteiger partial charge in [0, 0.05) is 37.3 Å². The zero-order chi connectivity index (χ0) is 16.5. The SMILES string of the molecule is O=C(CCn1cc2ccccc2c1)c1ccc2c(c1)C(=O)CCO2. The van der Waals surface area contributed by atoms with Crippen LogP contribution in [0.5, 0.6) is 5.75 Å². The smallest absolute Gasteiger partial charge is 0.170 e. The molecule has 4 nitrogen and oxygen atoms in total. The molecule has 0 bridgehead atoms. The number of aromatic nitrogens is 1. The first-order valence-electron chi connectivity index (χ1n) is 8.08. The molecule has 0 unspecified atom stereocenters. The van der Waals surface area contributed by atoms with Gasteiger partial charge < -0.3 is 9.30 Å². The fraction of sp³-hybridized carbons (Fsp3) is 0.200. The molecule has 2 aromatic carbocycles. The number of carbonyl (C=O) groups excluding carboxylic acids is 2. The predicted octanol–water partition coefficient (Wildman–Crippen LogP) is 3.88. The molecular formula is C20H17NO3.